The van der Waals surface area contributed by atoms with E-state index in [2.05, 4.69) is 0 Å². The van der Waals surface area contributed by atoms with Gasteiger partial charge in [-0.15, -0.1) is 0 Å². The molecule has 2 aromatic heterocycles. The molecule has 0 bridgehead atoms. The number of fused-ring (bicyclic) bond motifs is 1. The maximum atomic E-state index is 11.8. The topological polar surface area (TPSA) is 83.2 Å². The molecule has 3 aromatic rings. The minimum atomic E-state index is -0.449. The van der Waals surface area contributed by atoms with Crippen molar-refractivity contribution in [1.82, 2.24) is 9.13 Å². The number of anilines is 1. The van der Waals surface area contributed by atoms with E-state index in [1.165, 1.54) is 15.2 Å². The zero-order valence-electron chi connectivity index (χ0n) is 10.7. The van der Waals surface area contributed by atoms with E-state index < -0.39 is 5.76 Å². The molecular formula is C14H13N3O3. The van der Waals surface area contributed by atoms with Gasteiger partial charge in [0.25, 0.3) is 5.56 Å². The van der Waals surface area contributed by atoms with E-state index in [0.717, 1.165) is 0 Å². The van der Waals surface area contributed by atoms with Gasteiger partial charge in [0, 0.05) is 31.0 Å². The Bertz CT molecular complexity index is 873. The molecule has 3 rings (SSSR count). The minimum Gasteiger partial charge on any atom is -0.408 e. The van der Waals surface area contributed by atoms with Gasteiger partial charge in [-0.1, -0.05) is 6.07 Å². The molecule has 6 heteroatoms. The normalized spacial score (nSPS) is 11.0. The third kappa shape index (κ3) is 2.11. The van der Waals surface area contributed by atoms with Crippen LogP contribution in [0.4, 0.5) is 5.69 Å². The number of aryl methyl sites for hydroxylation is 2. The number of hydrogen-bond acceptors (Lipinski definition) is 4. The maximum Gasteiger partial charge on any atom is 0.420 e. The number of nitrogens with zero attached hydrogens (tertiary/aromatic N) is 2. The van der Waals surface area contributed by atoms with E-state index in [1.54, 1.807) is 36.5 Å². The quantitative estimate of drug-likeness (QED) is 0.721. The average Bonchev–Trinajstić information content (AvgIpc) is 2.73. The van der Waals surface area contributed by atoms with Crippen molar-refractivity contribution < 1.29 is 4.42 Å². The summed E-state index contributed by atoms with van der Waals surface area (Å²) >= 11 is 0. The first-order valence-corrected chi connectivity index (χ1v) is 6.19. The average molecular weight is 271 g/mol. The summed E-state index contributed by atoms with van der Waals surface area (Å²) in [6.07, 6.45) is 1.68. The summed E-state index contributed by atoms with van der Waals surface area (Å²) in [6, 6.07) is 9.96. The number of benzene rings is 1. The van der Waals surface area contributed by atoms with Gasteiger partial charge in [0.15, 0.2) is 5.58 Å². The fraction of sp³-hybridized carbons (Fsp3) is 0.143. The summed E-state index contributed by atoms with van der Waals surface area (Å²) < 4.78 is 8.15. The highest BCUT2D eigenvalue weighted by Crippen LogP contribution is 2.16. The van der Waals surface area contributed by atoms with E-state index in [4.69, 9.17) is 10.2 Å². The molecule has 0 atom stereocenters. The molecule has 0 radical (unpaired) electrons. The molecule has 0 aliphatic heterocycles. The van der Waals surface area contributed by atoms with Gasteiger partial charge in [0.2, 0.25) is 0 Å². The highest BCUT2D eigenvalue weighted by molar-refractivity contribution is 5.76. The van der Waals surface area contributed by atoms with Crippen molar-refractivity contribution in [2.45, 2.75) is 13.1 Å². The zero-order chi connectivity index (χ0) is 14.1. The van der Waals surface area contributed by atoms with Crippen molar-refractivity contribution in [3.8, 4) is 0 Å². The third-order valence-corrected chi connectivity index (χ3v) is 3.15. The molecule has 20 heavy (non-hydrogen) atoms. The largest absolute Gasteiger partial charge is 0.420 e. The zero-order valence-corrected chi connectivity index (χ0v) is 10.7. The minimum absolute atomic E-state index is 0.104. The van der Waals surface area contributed by atoms with Crippen molar-refractivity contribution in [2.24, 2.45) is 0 Å². The molecular weight excluding hydrogens is 258 g/mol. The van der Waals surface area contributed by atoms with Crippen molar-refractivity contribution in [2.75, 3.05) is 5.73 Å². The summed E-state index contributed by atoms with van der Waals surface area (Å²) in [5.74, 6) is -0.449. The molecule has 0 aliphatic rings. The predicted molar refractivity (Wildman–Crippen MR) is 75.6 cm³/mol. The van der Waals surface area contributed by atoms with E-state index in [1.807, 2.05) is 0 Å². The fourth-order valence-corrected chi connectivity index (χ4v) is 2.14. The molecule has 0 unspecified atom stereocenters. The maximum absolute atomic E-state index is 11.8. The first-order chi connectivity index (χ1) is 9.65. The number of nitrogens with two attached hydrogens (primary N) is 1. The molecule has 0 spiro atoms. The Hall–Kier alpha value is -2.76. The lowest BCUT2D eigenvalue weighted by Gasteiger charge is -2.05. The van der Waals surface area contributed by atoms with Crippen molar-refractivity contribution >= 4 is 16.8 Å². The van der Waals surface area contributed by atoms with Crippen LogP contribution in [0.3, 0.4) is 0 Å². The van der Waals surface area contributed by atoms with Crippen LogP contribution in [0.25, 0.3) is 11.1 Å². The van der Waals surface area contributed by atoms with Crippen LogP contribution in [0, 0.1) is 0 Å². The number of aromatic nitrogens is 2. The van der Waals surface area contributed by atoms with Gasteiger partial charge in [-0.05, 0) is 24.3 Å². The van der Waals surface area contributed by atoms with Gasteiger partial charge < -0.3 is 14.7 Å². The second-order valence-electron chi connectivity index (χ2n) is 4.48. The van der Waals surface area contributed by atoms with Crippen LogP contribution in [0.2, 0.25) is 0 Å². The first-order valence-electron chi connectivity index (χ1n) is 6.19. The lowest BCUT2D eigenvalue weighted by molar-refractivity contribution is 0.481. The smallest absolute Gasteiger partial charge is 0.408 e. The van der Waals surface area contributed by atoms with Crippen molar-refractivity contribution in [3.63, 3.8) is 0 Å². The number of hydrogen-bond donors (Lipinski definition) is 1. The second-order valence-corrected chi connectivity index (χ2v) is 4.48. The van der Waals surface area contributed by atoms with E-state index in [-0.39, 0.29) is 5.56 Å². The molecule has 2 N–H and O–H groups in total. The summed E-state index contributed by atoms with van der Waals surface area (Å²) in [4.78, 5) is 23.4. The Morgan fingerprint density at radius 3 is 2.75 bits per heavy atom. The van der Waals surface area contributed by atoms with Crippen LogP contribution in [0.1, 0.15) is 0 Å². The van der Waals surface area contributed by atoms with Crippen molar-refractivity contribution in [3.05, 3.63) is 63.5 Å². The first kappa shape index (κ1) is 12.3. The number of oxazole rings is 1. The third-order valence-electron chi connectivity index (χ3n) is 3.15. The van der Waals surface area contributed by atoms with Crippen LogP contribution in [0.5, 0.6) is 0 Å². The Balaban J connectivity index is 1.97. The monoisotopic (exact) mass is 271 g/mol. The SMILES string of the molecule is Nc1ccc2oc(=O)n(CCn3ccccc3=O)c2c1. The standard InChI is InChI=1S/C14H13N3O3/c15-10-4-5-12-11(9-10)17(14(19)20-12)8-7-16-6-2-1-3-13(16)18/h1-6,9H,7-8,15H2. The molecule has 102 valence electrons. The van der Waals surface area contributed by atoms with Crippen LogP contribution in [-0.2, 0) is 13.1 Å². The van der Waals surface area contributed by atoms with Gasteiger partial charge in [-0.3, -0.25) is 9.36 Å². The molecule has 0 amide bonds. The molecule has 2 heterocycles. The predicted octanol–water partition coefficient (Wildman–Crippen LogP) is 1.04. The Labute approximate surface area is 113 Å². The van der Waals surface area contributed by atoms with Crippen LogP contribution < -0.4 is 17.0 Å². The van der Waals surface area contributed by atoms with Crippen LogP contribution >= 0.6 is 0 Å². The number of rotatable bonds is 3. The number of pyridine rings is 1. The summed E-state index contributed by atoms with van der Waals surface area (Å²) in [5, 5.41) is 0. The lowest BCUT2D eigenvalue weighted by atomic mass is 10.3. The highest BCUT2D eigenvalue weighted by atomic mass is 16.4. The van der Waals surface area contributed by atoms with E-state index >= 15 is 0 Å². The summed E-state index contributed by atoms with van der Waals surface area (Å²) in [7, 11) is 0. The van der Waals surface area contributed by atoms with E-state index in [9.17, 15) is 9.59 Å². The molecule has 0 fully saturated rings. The lowest BCUT2D eigenvalue weighted by Crippen LogP contribution is -2.23. The van der Waals surface area contributed by atoms with Gasteiger partial charge >= 0.3 is 5.76 Å². The van der Waals surface area contributed by atoms with Gasteiger partial charge in [0.05, 0.1) is 5.52 Å². The molecule has 0 saturated heterocycles. The fourth-order valence-electron chi connectivity index (χ4n) is 2.14. The number of nitrogen functional groups attached to an aromatic ring is 1. The van der Waals surface area contributed by atoms with Crippen LogP contribution in [-0.4, -0.2) is 9.13 Å². The Kier molecular flexibility index (Phi) is 2.90. The van der Waals surface area contributed by atoms with Gasteiger partial charge in [-0.25, -0.2) is 4.79 Å². The molecule has 0 aliphatic carbocycles. The highest BCUT2D eigenvalue weighted by Gasteiger charge is 2.09. The van der Waals surface area contributed by atoms with Gasteiger partial charge in [0.1, 0.15) is 0 Å². The van der Waals surface area contributed by atoms with E-state index in [0.29, 0.717) is 29.9 Å². The van der Waals surface area contributed by atoms with Crippen molar-refractivity contribution in [1.29, 1.82) is 0 Å². The molecule has 6 nitrogen and oxygen atoms in total. The summed E-state index contributed by atoms with van der Waals surface area (Å²) in [5.41, 5.74) is 7.30. The second kappa shape index (κ2) is 4.73. The molecule has 1 aromatic carbocycles. The Morgan fingerprint density at radius 1 is 1.10 bits per heavy atom. The Morgan fingerprint density at radius 2 is 1.95 bits per heavy atom. The summed E-state index contributed by atoms with van der Waals surface area (Å²) in [6.45, 7) is 0.738. The molecule has 0 saturated carbocycles. The van der Waals surface area contributed by atoms with Gasteiger partial charge in [-0.2, -0.15) is 0 Å². The van der Waals surface area contributed by atoms with Crippen LogP contribution in [0.15, 0.2) is 56.6 Å².